The van der Waals surface area contributed by atoms with E-state index in [9.17, 15) is 9.59 Å². The molecule has 1 aromatic carbocycles. The fourth-order valence-corrected chi connectivity index (χ4v) is 4.53. The summed E-state index contributed by atoms with van der Waals surface area (Å²) in [5.41, 5.74) is 0.462. The molecule has 0 aliphatic carbocycles. The van der Waals surface area contributed by atoms with E-state index < -0.39 is 5.56 Å². The van der Waals surface area contributed by atoms with Crippen molar-refractivity contribution in [3.8, 4) is 0 Å². The van der Waals surface area contributed by atoms with Gasteiger partial charge < -0.3 is 5.11 Å². The number of nitrogens with zero attached hydrogens (tertiary/aromatic N) is 4. The summed E-state index contributed by atoms with van der Waals surface area (Å²) >= 11 is 7.78. The lowest BCUT2D eigenvalue weighted by Gasteiger charge is -2.16. The summed E-state index contributed by atoms with van der Waals surface area (Å²) in [6.45, 7) is 4.60. The predicted molar refractivity (Wildman–Crippen MR) is 125 cm³/mol. The van der Waals surface area contributed by atoms with Crippen molar-refractivity contribution >= 4 is 34.4 Å². The number of thioether (sulfide) groups is 1. The molecule has 7 nitrogen and oxygen atoms in total. The van der Waals surface area contributed by atoms with Gasteiger partial charge in [-0.1, -0.05) is 43.6 Å². The van der Waals surface area contributed by atoms with E-state index in [4.69, 9.17) is 16.7 Å². The van der Waals surface area contributed by atoms with Crippen LogP contribution in [0.15, 0.2) is 38.9 Å². The molecule has 0 aliphatic rings. The van der Waals surface area contributed by atoms with Gasteiger partial charge in [-0.2, -0.15) is 0 Å². The number of aliphatic hydroxyl groups excluding tert-OH is 1. The topological polar surface area (TPSA) is 90.0 Å². The zero-order chi connectivity index (χ0) is 22.5. The molecule has 0 spiro atoms. The molecule has 3 aromatic rings. The fourth-order valence-electron chi connectivity index (χ4n) is 3.29. The van der Waals surface area contributed by atoms with Gasteiger partial charge in [0.15, 0.2) is 5.65 Å². The second kappa shape index (κ2) is 10.4. The van der Waals surface area contributed by atoms with Gasteiger partial charge in [0.1, 0.15) is 16.2 Å². The molecular weight excluding hydrogens is 436 g/mol. The first-order chi connectivity index (χ1) is 14.8. The number of benzene rings is 1. The Bertz CT molecular complexity index is 1190. The standard InChI is InChI=1S/C22H27ClN4O3S/c1-14(2)13-27-19-18(21(29)26(3)22(27)30)20(31-11-7-6-10-28)25-17(24-19)12-15-8-4-5-9-16(15)23/h4-5,8-9,14,28H,6-7,10-13H2,1-3H3. The number of halogens is 1. The van der Waals surface area contributed by atoms with Crippen molar-refractivity contribution in [3.05, 3.63) is 61.5 Å². The van der Waals surface area contributed by atoms with Crippen molar-refractivity contribution in [1.29, 1.82) is 0 Å². The zero-order valence-corrected chi connectivity index (χ0v) is 19.5. The van der Waals surface area contributed by atoms with Crippen molar-refractivity contribution in [3.63, 3.8) is 0 Å². The molecule has 1 N–H and O–H groups in total. The Kier molecular flexibility index (Phi) is 7.91. The summed E-state index contributed by atoms with van der Waals surface area (Å²) < 4.78 is 2.69. The van der Waals surface area contributed by atoms with Gasteiger partial charge in [-0.15, -0.1) is 11.8 Å². The van der Waals surface area contributed by atoms with E-state index in [0.29, 0.717) is 52.0 Å². The van der Waals surface area contributed by atoms with Crippen molar-refractivity contribution in [2.45, 2.75) is 44.7 Å². The van der Waals surface area contributed by atoms with E-state index in [1.54, 1.807) is 4.57 Å². The Morgan fingerprint density at radius 3 is 2.58 bits per heavy atom. The number of fused-ring (bicyclic) bond motifs is 1. The van der Waals surface area contributed by atoms with Crippen LogP contribution in [-0.4, -0.2) is 36.6 Å². The molecule has 0 amide bonds. The maximum atomic E-state index is 13.0. The molecular formula is C22H27ClN4O3S. The summed E-state index contributed by atoms with van der Waals surface area (Å²) in [5.74, 6) is 1.40. The third kappa shape index (κ3) is 5.37. The van der Waals surface area contributed by atoms with Crippen LogP contribution in [0.5, 0.6) is 0 Å². The number of unbranched alkanes of at least 4 members (excludes halogenated alkanes) is 1. The number of aromatic nitrogens is 4. The first-order valence-electron chi connectivity index (χ1n) is 10.3. The van der Waals surface area contributed by atoms with Crippen LogP contribution in [0, 0.1) is 5.92 Å². The van der Waals surface area contributed by atoms with E-state index in [1.165, 1.54) is 18.8 Å². The van der Waals surface area contributed by atoms with E-state index in [0.717, 1.165) is 16.6 Å². The molecule has 0 saturated heterocycles. The van der Waals surface area contributed by atoms with E-state index in [2.05, 4.69) is 9.97 Å². The molecule has 2 aromatic heterocycles. The minimum Gasteiger partial charge on any atom is -0.396 e. The molecule has 0 unspecified atom stereocenters. The number of aliphatic hydroxyl groups is 1. The Morgan fingerprint density at radius 1 is 1.16 bits per heavy atom. The van der Waals surface area contributed by atoms with Gasteiger partial charge in [-0.05, 0) is 36.1 Å². The van der Waals surface area contributed by atoms with Crippen LogP contribution in [0.2, 0.25) is 5.02 Å². The molecule has 2 heterocycles. The Labute approximate surface area is 190 Å². The monoisotopic (exact) mass is 462 g/mol. The number of rotatable bonds is 9. The summed E-state index contributed by atoms with van der Waals surface area (Å²) in [6, 6.07) is 7.49. The molecule has 31 heavy (non-hydrogen) atoms. The quantitative estimate of drug-likeness (QED) is 0.298. The smallest absolute Gasteiger partial charge is 0.332 e. The molecule has 0 radical (unpaired) electrons. The van der Waals surface area contributed by atoms with Crippen LogP contribution < -0.4 is 11.2 Å². The van der Waals surface area contributed by atoms with Crippen LogP contribution in [0.4, 0.5) is 0 Å². The molecule has 0 atom stereocenters. The molecule has 0 fully saturated rings. The zero-order valence-electron chi connectivity index (χ0n) is 18.0. The van der Waals surface area contributed by atoms with E-state index >= 15 is 0 Å². The maximum Gasteiger partial charge on any atom is 0.332 e. The predicted octanol–water partition coefficient (Wildman–Crippen LogP) is 3.26. The average molecular weight is 463 g/mol. The highest BCUT2D eigenvalue weighted by Crippen LogP contribution is 2.25. The van der Waals surface area contributed by atoms with E-state index in [-0.39, 0.29) is 18.2 Å². The Hall–Kier alpha value is -2.16. The van der Waals surface area contributed by atoms with Gasteiger partial charge in [0.2, 0.25) is 0 Å². The first kappa shape index (κ1) is 23.5. The molecule has 9 heteroatoms. The lowest BCUT2D eigenvalue weighted by atomic mass is 10.1. The minimum atomic E-state index is -0.394. The largest absolute Gasteiger partial charge is 0.396 e. The SMILES string of the molecule is CC(C)Cn1c(=O)n(C)c(=O)c2c(SCCCCO)nc(Cc3ccccc3Cl)nc21. The molecule has 3 rings (SSSR count). The Balaban J connectivity index is 2.21. The van der Waals surface area contributed by atoms with Gasteiger partial charge in [0.25, 0.3) is 5.56 Å². The van der Waals surface area contributed by atoms with Gasteiger partial charge in [-0.3, -0.25) is 13.9 Å². The van der Waals surface area contributed by atoms with Crippen molar-refractivity contribution in [2.24, 2.45) is 13.0 Å². The average Bonchev–Trinajstić information content (AvgIpc) is 2.74. The van der Waals surface area contributed by atoms with Gasteiger partial charge in [-0.25, -0.2) is 14.8 Å². The van der Waals surface area contributed by atoms with Gasteiger partial charge >= 0.3 is 5.69 Å². The fraction of sp³-hybridized carbons (Fsp3) is 0.455. The van der Waals surface area contributed by atoms with Crippen molar-refractivity contribution < 1.29 is 5.11 Å². The molecule has 0 bridgehead atoms. The van der Waals surface area contributed by atoms with Crippen LogP contribution in [0.3, 0.4) is 0 Å². The van der Waals surface area contributed by atoms with E-state index in [1.807, 2.05) is 38.1 Å². The maximum absolute atomic E-state index is 13.0. The highest BCUT2D eigenvalue weighted by Gasteiger charge is 2.20. The van der Waals surface area contributed by atoms with Crippen LogP contribution in [-0.2, 0) is 20.0 Å². The second-order valence-corrected chi connectivity index (χ2v) is 9.33. The molecule has 0 saturated carbocycles. The van der Waals surface area contributed by atoms with Gasteiger partial charge in [0.05, 0.1) is 0 Å². The summed E-state index contributed by atoms with van der Waals surface area (Å²) in [6.07, 6.45) is 1.86. The van der Waals surface area contributed by atoms with Crippen molar-refractivity contribution in [1.82, 2.24) is 19.1 Å². The lowest BCUT2D eigenvalue weighted by molar-refractivity contribution is 0.287. The number of hydrogen-bond donors (Lipinski definition) is 1. The third-order valence-electron chi connectivity index (χ3n) is 4.84. The lowest BCUT2D eigenvalue weighted by Crippen LogP contribution is -2.39. The second-order valence-electron chi connectivity index (χ2n) is 7.84. The van der Waals surface area contributed by atoms with Gasteiger partial charge in [0, 0.05) is 31.6 Å². The summed E-state index contributed by atoms with van der Waals surface area (Å²) in [7, 11) is 1.48. The molecule has 0 aliphatic heterocycles. The third-order valence-corrected chi connectivity index (χ3v) is 6.27. The van der Waals surface area contributed by atoms with Crippen LogP contribution >= 0.6 is 23.4 Å². The van der Waals surface area contributed by atoms with Crippen LogP contribution in [0.25, 0.3) is 11.0 Å². The summed E-state index contributed by atoms with van der Waals surface area (Å²) in [4.78, 5) is 35.2. The highest BCUT2D eigenvalue weighted by atomic mass is 35.5. The summed E-state index contributed by atoms with van der Waals surface area (Å²) in [5, 5.41) is 10.6. The Morgan fingerprint density at radius 2 is 1.90 bits per heavy atom. The highest BCUT2D eigenvalue weighted by molar-refractivity contribution is 7.99. The first-order valence-corrected chi connectivity index (χ1v) is 11.7. The number of hydrogen-bond acceptors (Lipinski definition) is 6. The minimum absolute atomic E-state index is 0.124. The normalized spacial score (nSPS) is 11.5. The molecule has 166 valence electrons. The van der Waals surface area contributed by atoms with Crippen LogP contribution in [0.1, 0.15) is 38.1 Å². The van der Waals surface area contributed by atoms with Crippen molar-refractivity contribution in [2.75, 3.05) is 12.4 Å².